The van der Waals surface area contributed by atoms with Gasteiger partial charge in [0.25, 0.3) is 0 Å². The molecule has 1 unspecified atom stereocenters. The Kier molecular flexibility index (Phi) is 4.01. The van der Waals surface area contributed by atoms with Crippen molar-refractivity contribution in [1.29, 1.82) is 0 Å². The van der Waals surface area contributed by atoms with Crippen LogP contribution in [-0.2, 0) is 15.1 Å². The molecule has 1 aromatic rings. The molecule has 1 aromatic heterocycles. The van der Waals surface area contributed by atoms with E-state index in [1.54, 1.807) is 7.11 Å². The zero-order valence-electron chi connectivity index (χ0n) is 10.5. The normalized spacial score (nSPS) is 14.1. The quantitative estimate of drug-likeness (QED) is 0.792. The first-order valence-corrected chi connectivity index (χ1v) is 5.25. The van der Waals surface area contributed by atoms with E-state index >= 15 is 0 Å². The number of nitrogens with zero attached hydrogens (tertiary/aromatic N) is 2. The number of anilines is 1. The summed E-state index contributed by atoms with van der Waals surface area (Å²) < 4.78 is 9.92. The summed E-state index contributed by atoms with van der Waals surface area (Å²) >= 11 is 0. The SMILES string of the molecule is CCC(C)(OC)c1ncc(C(=O)OC)c(N)n1. The summed E-state index contributed by atoms with van der Waals surface area (Å²) in [5.41, 5.74) is 5.25. The highest BCUT2D eigenvalue weighted by molar-refractivity contribution is 5.93. The van der Waals surface area contributed by atoms with Crippen LogP contribution in [0.3, 0.4) is 0 Å². The standard InChI is InChI=1S/C11H17N3O3/c1-5-11(2,17-4)10-13-6-7(8(12)14-10)9(15)16-3/h6H,5H2,1-4H3,(H2,12,13,14). The van der Waals surface area contributed by atoms with Crippen LogP contribution in [0.5, 0.6) is 0 Å². The topological polar surface area (TPSA) is 87.3 Å². The van der Waals surface area contributed by atoms with Crippen molar-refractivity contribution in [2.24, 2.45) is 0 Å². The minimum absolute atomic E-state index is 0.0959. The van der Waals surface area contributed by atoms with Crippen LogP contribution in [0, 0.1) is 0 Å². The van der Waals surface area contributed by atoms with E-state index in [1.165, 1.54) is 13.3 Å². The summed E-state index contributed by atoms with van der Waals surface area (Å²) in [6.07, 6.45) is 2.05. The van der Waals surface area contributed by atoms with Crippen LogP contribution < -0.4 is 5.73 Å². The lowest BCUT2D eigenvalue weighted by atomic mass is 10.0. The van der Waals surface area contributed by atoms with Gasteiger partial charge in [0.05, 0.1) is 7.11 Å². The number of aromatic nitrogens is 2. The minimum atomic E-state index is -0.608. The van der Waals surface area contributed by atoms with E-state index in [9.17, 15) is 4.79 Å². The monoisotopic (exact) mass is 239 g/mol. The second-order valence-corrected chi connectivity index (χ2v) is 3.77. The molecular weight excluding hydrogens is 222 g/mol. The van der Waals surface area contributed by atoms with Crippen molar-refractivity contribution >= 4 is 11.8 Å². The van der Waals surface area contributed by atoms with Crippen LogP contribution in [-0.4, -0.2) is 30.2 Å². The van der Waals surface area contributed by atoms with Crippen molar-refractivity contribution in [2.45, 2.75) is 25.9 Å². The largest absolute Gasteiger partial charge is 0.465 e. The van der Waals surface area contributed by atoms with E-state index in [4.69, 9.17) is 10.5 Å². The third-order valence-corrected chi connectivity index (χ3v) is 2.82. The van der Waals surface area contributed by atoms with Crippen LogP contribution in [0.15, 0.2) is 6.20 Å². The van der Waals surface area contributed by atoms with Crippen molar-refractivity contribution in [1.82, 2.24) is 9.97 Å². The summed E-state index contributed by atoms with van der Waals surface area (Å²) in [4.78, 5) is 19.5. The van der Waals surface area contributed by atoms with Crippen LogP contribution in [0.1, 0.15) is 36.5 Å². The maximum absolute atomic E-state index is 11.3. The zero-order valence-corrected chi connectivity index (χ0v) is 10.5. The Bertz CT molecular complexity index is 416. The minimum Gasteiger partial charge on any atom is -0.465 e. The van der Waals surface area contributed by atoms with Gasteiger partial charge in [-0.3, -0.25) is 0 Å². The average molecular weight is 239 g/mol. The van der Waals surface area contributed by atoms with Gasteiger partial charge in [-0.25, -0.2) is 14.8 Å². The molecule has 0 aliphatic heterocycles. The number of ether oxygens (including phenoxy) is 2. The molecule has 17 heavy (non-hydrogen) atoms. The second-order valence-electron chi connectivity index (χ2n) is 3.77. The predicted molar refractivity (Wildman–Crippen MR) is 62.4 cm³/mol. The summed E-state index contributed by atoms with van der Waals surface area (Å²) in [7, 11) is 2.86. The Labute approximate surface area is 100 Å². The molecule has 0 radical (unpaired) electrons. The zero-order chi connectivity index (χ0) is 13.1. The molecule has 1 rings (SSSR count). The fourth-order valence-electron chi connectivity index (χ4n) is 1.31. The molecule has 0 amide bonds. The van der Waals surface area contributed by atoms with Gasteiger partial charge in [0.2, 0.25) is 0 Å². The average Bonchev–Trinajstić information content (AvgIpc) is 2.36. The number of nitrogen functional groups attached to an aromatic ring is 1. The molecule has 0 fully saturated rings. The highest BCUT2D eigenvalue weighted by atomic mass is 16.5. The first kappa shape index (κ1) is 13.4. The number of nitrogens with two attached hydrogens (primary N) is 1. The van der Waals surface area contributed by atoms with Crippen LogP contribution in [0.2, 0.25) is 0 Å². The first-order valence-electron chi connectivity index (χ1n) is 5.25. The number of methoxy groups -OCH3 is 2. The molecule has 0 bridgehead atoms. The fourth-order valence-corrected chi connectivity index (χ4v) is 1.31. The molecular formula is C11H17N3O3. The van der Waals surface area contributed by atoms with Crippen molar-refractivity contribution in [2.75, 3.05) is 20.0 Å². The van der Waals surface area contributed by atoms with Crippen molar-refractivity contribution < 1.29 is 14.3 Å². The van der Waals surface area contributed by atoms with Gasteiger partial charge < -0.3 is 15.2 Å². The highest BCUT2D eigenvalue weighted by Crippen LogP contribution is 2.26. The molecule has 1 atom stereocenters. The summed E-state index contributed by atoms with van der Waals surface area (Å²) in [5.74, 6) is -0.00380. The maximum Gasteiger partial charge on any atom is 0.343 e. The van der Waals surface area contributed by atoms with Crippen molar-refractivity contribution in [3.63, 3.8) is 0 Å². The van der Waals surface area contributed by atoms with E-state index in [0.29, 0.717) is 12.2 Å². The van der Waals surface area contributed by atoms with Gasteiger partial charge in [-0.2, -0.15) is 0 Å². The first-order chi connectivity index (χ1) is 7.98. The molecule has 6 nitrogen and oxygen atoms in total. The molecule has 0 spiro atoms. The molecule has 94 valence electrons. The van der Waals surface area contributed by atoms with Gasteiger partial charge in [-0.1, -0.05) is 6.92 Å². The number of carbonyl (C=O) groups excluding carboxylic acids is 1. The Morgan fingerprint density at radius 1 is 1.53 bits per heavy atom. The number of carbonyl (C=O) groups is 1. The number of hydrogen-bond donors (Lipinski definition) is 1. The van der Waals surface area contributed by atoms with E-state index < -0.39 is 11.6 Å². The van der Waals surface area contributed by atoms with E-state index in [-0.39, 0.29) is 11.4 Å². The molecule has 1 heterocycles. The smallest absolute Gasteiger partial charge is 0.343 e. The third-order valence-electron chi connectivity index (χ3n) is 2.82. The van der Waals surface area contributed by atoms with Gasteiger partial charge in [-0.05, 0) is 13.3 Å². The van der Waals surface area contributed by atoms with Crippen LogP contribution >= 0.6 is 0 Å². The second kappa shape index (κ2) is 5.09. The van der Waals surface area contributed by atoms with Crippen molar-refractivity contribution in [3.8, 4) is 0 Å². The van der Waals surface area contributed by atoms with E-state index in [1.807, 2.05) is 13.8 Å². The summed E-state index contributed by atoms with van der Waals surface area (Å²) in [5, 5.41) is 0. The van der Waals surface area contributed by atoms with Crippen LogP contribution in [0.25, 0.3) is 0 Å². The highest BCUT2D eigenvalue weighted by Gasteiger charge is 2.28. The molecule has 2 N–H and O–H groups in total. The lowest BCUT2D eigenvalue weighted by molar-refractivity contribution is -0.00893. The Balaban J connectivity index is 3.16. The molecule has 0 aliphatic carbocycles. The lowest BCUT2D eigenvalue weighted by Gasteiger charge is -2.24. The number of rotatable bonds is 4. The number of hydrogen-bond acceptors (Lipinski definition) is 6. The van der Waals surface area contributed by atoms with Gasteiger partial charge >= 0.3 is 5.97 Å². The molecule has 0 aliphatic rings. The summed E-state index contributed by atoms with van der Waals surface area (Å²) in [6, 6.07) is 0. The Morgan fingerprint density at radius 3 is 2.59 bits per heavy atom. The molecule has 6 heteroatoms. The van der Waals surface area contributed by atoms with E-state index in [2.05, 4.69) is 14.7 Å². The molecule has 0 saturated heterocycles. The maximum atomic E-state index is 11.3. The lowest BCUT2D eigenvalue weighted by Crippen LogP contribution is -2.27. The van der Waals surface area contributed by atoms with Gasteiger partial charge in [0.15, 0.2) is 5.82 Å². The number of esters is 1. The molecule has 0 aromatic carbocycles. The Hall–Kier alpha value is -1.69. The Morgan fingerprint density at radius 2 is 2.18 bits per heavy atom. The summed E-state index contributed by atoms with van der Waals surface area (Å²) in [6.45, 7) is 3.82. The predicted octanol–water partition coefficient (Wildman–Crippen LogP) is 1.12. The third kappa shape index (κ3) is 2.52. The van der Waals surface area contributed by atoms with Gasteiger partial charge in [0, 0.05) is 13.3 Å². The molecule has 0 saturated carbocycles. The van der Waals surface area contributed by atoms with Crippen molar-refractivity contribution in [3.05, 3.63) is 17.6 Å². The van der Waals surface area contributed by atoms with E-state index in [0.717, 1.165) is 0 Å². The fraction of sp³-hybridized carbons (Fsp3) is 0.545. The van der Waals surface area contributed by atoms with Gasteiger partial charge in [0.1, 0.15) is 17.0 Å². The van der Waals surface area contributed by atoms with Crippen LogP contribution in [0.4, 0.5) is 5.82 Å². The van der Waals surface area contributed by atoms with Gasteiger partial charge in [-0.15, -0.1) is 0 Å².